The molecule has 1 aliphatic heterocycles. The summed E-state index contributed by atoms with van der Waals surface area (Å²) in [5.41, 5.74) is 1.27. The highest BCUT2D eigenvalue weighted by atomic mass is 16.3. The minimum Gasteiger partial charge on any atom is -0.468 e. The van der Waals surface area contributed by atoms with E-state index in [2.05, 4.69) is 30.1 Å². The lowest BCUT2D eigenvalue weighted by Crippen LogP contribution is -2.24. The molecule has 0 radical (unpaired) electrons. The smallest absolute Gasteiger partial charge is 0.118 e. The van der Waals surface area contributed by atoms with Crippen LogP contribution in [0.1, 0.15) is 57.3 Å². The Bertz CT molecular complexity index is 375. The van der Waals surface area contributed by atoms with E-state index in [0.717, 1.165) is 31.3 Å². The van der Waals surface area contributed by atoms with Gasteiger partial charge in [0.05, 0.1) is 12.8 Å². The van der Waals surface area contributed by atoms with Gasteiger partial charge in [-0.15, -0.1) is 0 Å². The summed E-state index contributed by atoms with van der Waals surface area (Å²) < 4.78 is 5.71. The molecule has 1 fully saturated rings. The van der Waals surface area contributed by atoms with Gasteiger partial charge in [0.25, 0.3) is 0 Å². The van der Waals surface area contributed by atoms with E-state index in [1.165, 1.54) is 50.8 Å². The molecule has 0 aromatic carbocycles. The third kappa shape index (κ3) is 4.95. The molecule has 0 amide bonds. The number of hydrogen-bond donors (Lipinski definition) is 1. The Kier molecular flexibility index (Phi) is 6.61. The first-order valence-electron chi connectivity index (χ1n) is 8.31. The topological polar surface area (TPSA) is 28.4 Å². The van der Waals surface area contributed by atoms with Crippen LogP contribution in [0.3, 0.4) is 0 Å². The Labute approximate surface area is 123 Å². The molecule has 0 bridgehead atoms. The van der Waals surface area contributed by atoms with Crippen molar-refractivity contribution in [2.45, 2.75) is 59.0 Å². The molecule has 1 atom stereocenters. The van der Waals surface area contributed by atoms with Crippen molar-refractivity contribution in [2.75, 3.05) is 19.6 Å². The third-order valence-electron chi connectivity index (χ3n) is 4.36. The Morgan fingerprint density at radius 2 is 2.20 bits per heavy atom. The van der Waals surface area contributed by atoms with E-state index in [9.17, 15) is 0 Å². The summed E-state index contributed by atoms with van der Waals surface area (Å²) in [4.78, 5) is 2.55. The van der Waals surface area contributed by atoms with E-state index in [1.54, 1.807) is 0 Å². The maximum Gasteiger partial charge on any atom is 0.118 e. The largest absolute Gasteiger partial charge is 0.468 e. The van der Waals surface area contributed by atoms with Crippen molar-refractivity contribution < 1.29 is 4.42 Å². The Morgan fingerprint density at radius 1 is 1.30 bits per heavy atom. The Hall–Kier alpha value is -0.800. The number of likely N-dealkylation sites (tertiary alicyclic amines) is 1. The van der Waals surface area contributed by atoms with Crippen LogP contribution in [-0.2, 0) is 13.1 Å². The first-order chi connectivity index (χ1) is 9.81. The van der Waals surface area contributed by atoms with E-state index in [1.807, 2.05) is 6.26 Å². The van der Waals surface area contributed by atoms with Crippen molar-refractivity contribution in [3.05, 3.63) is 23.7 Å². The van der Waals surface area contributed by atoms with Gasteiger partial charge in [-0.2, -0.15) is 0 Å². The fourth-order valence-corrected chi connectivity index (χ4v) is 3.02. The number of hydrogen-bond acceptors (Lipinski definition) is 3. The first kappa shape index (κ1) is 15.6. The minimum atomic E-state index is 0.926. The minimum absolute atomic E-state index is 0.926. The van der Waals surface area contributed by atoms with Crippen molar-refractivity contribution >= 4 is 0 Å². The van der Waals surface area contributed by atoms with Gasteiger partial charge >= 0.3 is 0 Å². The zero-order chi connectivity index (χ0) is 14.2. The molecular weight excluding hydrogens is 248 g/mol. The third-order valence-corrected chi connectivity index (χ3v) is 4.36. The molecule has 1 aromatic heterocycles. The molecular formula is C17H30N2O. The standard InChI is InChI=1S/C17H30N2O/c1-3-8-18-12-16-11-17(20-14-16)13-19-9-5-6-15(4-2)7-10-19/h11,14-15,18H,3-10,12-13H2,1-2H3. The average molecular weight is 278 g/mol. The highest BCUT2D eigenvalue weighted by Gasteiger charge is 2.16. The predicted molar refractivity (Wildman–Crippen MR) is 83.6 cm³/mol. The summed E-state index contributed by atoms with van der Waals surface area (Å²) in [5.74, 6) is 2.05. The van der Waals surface area contributed by atoms with E-state index in [4.69, 9.17) is 4.42 Å². The lowest BCUT2D eigenvalue weighted by atomic mass is 9.98. The van der Waals surface area contributed by atoms with E-state index in [0.29, 0.717) is 0 Å². The van der Waals surface area contributed by atoms with E-state index in [-0.39, 0.29) is 0 Å². The molecule has 0 aliphatic carbocycles. The maximum absolute atomic E-state index is 5.71. The molecule has 1 aliphatic rings. The molecule has 0 spiro atoms. The molecule has 1 unspecified atom stereocenters. The first-order valence-corrected chi connectivity index (χ1v) is 8.31. The molecule has 20 heavy (non-hydrogen) atoms. The van der Waals surface area contributed by atoms with Gasteiger partial charge in [0.1, 0.15) is 5.76 Å². The molecule has 114 valence electrons. The van der Waals surface area contributed by atoms with Gasteiger partial charge in [0, 0.05) is 12.1 Å². The predicted octanol–water partition coefficient (Wildman–Crippen LogP) is 3.79. The average Bonchev–Trinajstić information content (AvgIpc) is 2.77. The van der Waals surface area contributed by atoms with E-state index < -0.39 is 0 Å². The highest BCUT2D eigenvalue weighted by Crippen LogP contribution is 2.21. The van der Waals surface area contributed by atoms with E-state index >= 15 is 0 Å². The molecule has 1 saturated heterocycles. The van der Waals surface area contributed by atoms with Crippen molar-refractivity contribution in [2.24, 2.45) is 5.92 Å². The van der Waals surface area contributed by atoms with Crippen LogP contribution in [0, 0.1) is 5.92 Å². The van der Waals surface area contributed by atoms with Crippen LogP contribution in [0.25, 0.3) is 0 Å². The molecule has 3 nitrogen and oxygen atoms in total. The zero-order valence-corrected chi connectivity index (χ0v) is 13.2. The van der Waals surface area contributed by atoms with Crippen LogP contribution >= 0.6 is 0 Å². The second-order valence-electron chi connectivity index (χ2n) is 6.08. The maximum atomic E-state index is 5.71. The summed E-state index contributed by atoms with van der Waals surface area (Å²) in [6, 6.07) is 2.21. The number of rotatable bonds is 7. The number of nitrogens with zero attached hydrogens (tertiary/aromatic N) is 1. The zero-order valence-electron chi connectivity index (χ0n) is 13.2. The Morgan fingerprint density at radius 3 is 3.00 bits per heavy atom. The van der Waals surface area contributed by atoms with Crippen molar-refractivity contribution in [3.63, 3.8) is 0 Å². The molecule has 2 rings (SSSR count). The fourth-order valence-electron chi connectivity index (χ4n) is 3.02. The summed E-state index contributed by atoms with van der Waals surface area (Å²) >= 11 is 0. The van der Waals surface area contributed by atoms with Gasteiger partial charge in [-0.25, -0.2) is 0 Å². The SMILES string of the molecule is CCCNCc1coc(CN2CCCC(CC)CC2)c1. The van der Waals surface area contributed by atoms with Crippen LogP contribution in [0.4, 0.5) is 0 Å². The summed E-state index contributed by atoms with van der Waals surface area (Å²) in [5, 5.41) is 3.42. The number of nitrogens with one attached hydrogen (secondary N) is 1. The normalized spacial score (nSPS) is 21.0. The second-order valence-corrected chi connectivity index (χ2v) is 6.08. The van der Waals surface area contributed by atoms with Gasteiger partial charge in [0.15, 0.2) is 0 Å². The van der Waals surface area contributed by atoms with Gasteiger partial charge in [-0.3, -0.25) is 4.90 Å². The second kappa shape index (κ2) is 8.48. The molecule has 2 heterocycles. The molecule has 0 saturated carbocycles. The highest BCUT2D eigenvalue weighted by molar-refractivity contribution is 5.12. The van der Waals surface area contributed by atoms with Gasteiger partial charge in [-0.1, -0.05) is 20.3 Å². The Balaban J connectivity index is 1.78. The van der Waals surface area contributed by atoms with Crippen LogP contribution in [0.15, 0.2) is 16.7 Å². The number of furan rings is 1. The summed E-state index contributed by atoms with van der Waals surface area (Å²) in [7, 11) is 0. The lowest BCUT2D eigenvalue weighted by Gasteiger charge is -2.18. The van der Waals surface area contributed by atoms with Crippen molar-refractivity contribution in [1.82, 2.24) is 10.2 Å². The van der Waals surface area contributed by atoms with Gasteiger partial charge < -0.3 is 9.73 Å². The van der Waals surface area contributed by atoms with Gasteiger partial charge in [0.2, 0.25) is 0 Å². The van der Waals surface area contributed by atoms with Gasteiger partial charge in [-0.05, 0) is 57.3 Å². The fraction of sp³-hybridized carbons (Fsp3) is 0.765. The summed E-state index contributed by atoms with van der Waals surface area (Å²) in [6.07, 6.45) is 8.51. The van der Waals surface area contributed by atoms with Crippen LogP contribution in [-0.4, -0.2) is 24.5 Å². The van der Waals surface area contributed by atoms with Crippen LogP contribution < -0.4 is 5.32 Å². The monoisotopic (exact) mass is 278 g/mol. The molecule has 3 heteroatoms. The quantitative estimate of drug-likeness (QED) is 0.769. The van der Waals surface area contributed by atoms with Crippen LogP contribution in [0.5, 0.6) is 0 Å². The lowest BCUT2D eigenvalue weighted by molar-refractivity contribution is 0.249. The molecule has 1 aromatic rings. The van der Waals surface area contributed by atoms with Crippen LogP contribution in [0.2, 0.25) is 0 Å². The molecule has 1 N–H and O–H groups in total. The summed E-state index contributed by atoms with van der Waals surface area (Å²) in [6.45, 7) is 9.94. The van der Waals surface area contributed by atoms with Crippen molar-refractivity contribution in [3.8, 4) is 0 Å². The van der Waals surface area contributed by atoms with Crippen molar-refractivity contribution in [1.29, 1.82) is 0 Å².